The van der Waals surface area contributed by atoms with Gasteiger partial charge in [0.2, 0.25) is 0 Å². The maximum atomic E-state index is 15.1. The number of hydrogen-bond donors (Lipinski definition) is 0. The van der Waals surface area contributed by atoms with E-state index >= 15 is 4.39 Å². The molecule has 0 aromatic heterocycles. The molecule has 0 saturated carbocycles. The molecule has 1 fully saturated rings. The van der Waals surface area contributed by atoms with E-state index in [-0.39, 0.29) is 17.5 Å². The normalized spacial score (nSPS) is 18.2. The third kappa shape index (κ3) is 4.11. The smallest absolute Gasteiger partial charge is 0.258 e. The Hall–Kier alpha value is -3.25. The molecule has 2 aliphatic heterocycles. The van der Waals surface area contributed by atoms with Gasteiger partial charge in [0, 0.05) is 36.9 Å². The van der Waals surface area contributed by atoms with Crippen molar-refractivity contribution in [3.63, 3.8) is 0 Å². The van der Waals surface area contributed by atoms with Crippen molar-refractivity contribution in [1.82, 2.24) is 4.90 Å². The van der Waals surface area contributed by atoms with Gasteiger partial charge in [-0.1, -0.05) is 24.3 Å². The number of fused-ring (bicyclic) bond motifs is 1. The monoisotopic (exact) mass is 447 g/mol. The van der Waals surface area contributed by atoms with Gasteiger partial charge in [-0.3, -0.25) is 4.79 Å². The van der Waals surface area contributed by atoms with Gasteiger partial charge in [0.15, 0.2) is 0 Å². The van der Waals surface area contributed by atoms with E-state index in [1.807, 2.05) is 24.3 Å². The first kappa shape index (κ1) is 21.6. The quantitative estimate of drug-likeness (QED) is 0.565. The molecule has 4 nitrogen and oxygen atoms in total. The molecule has 1 amide bonds. The highest BCUT2D eigenvalue weighted by Crippen LogP contribution is 2.32. The number of carbonyl (C=O) groups is 1. The minimum Gasteiger partial charge on any atom is -0.368 e. The SMILES string of the molecule is CN(C)C1CCN(c2ccc(N3CCc4cc(-c5ccc(F)cc5)ccc4C3=O)cc2F)C1. The fraction of sp³-hybridized carbons (Fsp3) is 0.296. The molecule has 1 saturated heterocycles. The van der Waals surface area contributed by atoms with Gasteiger partial charge in [-0.2, -0.15) is 0 Å². The van der Waals surface area contributed by atoms with Crippen LogP contribution in [-0.4, -0.2) is 50.6 Å². The van der Waals surface area contributed by atoms with Gasteiger partial charge < -0.3 is 14.7 Å². The second kappa shape index (κ2) is 8.60. The van der Waals surface area contributed by atoms with Crippen molar-refractivity contribution in [3.8, 4) is 11.1 Å². The molecule has 1 unspecified atom stereocenters. The van der Waals surface area contributed by atoms with E-state index in [0.29, 0.717) is 35.9 Å². The lowest BCUT2D eigenvalue weighted by atomic mass is 9.93. The lowest BCUT2D eigenvalue weighted by Gasteiger charge is -2.30. The summed E-state index contributed by atoms with van der Waals surface area (Å²) in [5.74, 6) is -0.692. The highest BCUT2D eigenvalue weighted by Gasteiger charge is 2.29. The summed E-state index contributed by atoms with van der Waals surface area (Å²) in [7, 11) is 4.10. The summed E-state index contributed by atoms with van der Waals surface area (Å²) in [5.41, 5.74) is 4.62. The van der Waals surface area contributed by atoms with Crippen LogP contribution in [0.25, 0.3) is 11.1 Å². The van der Waals surface area contributed by atoms with Gasteiger partial charge in [-0.25, -0.2) is 8.78 Å². The van der Waals surface area contributed by atoms with Crippen LogP contribution in [0.1, 0.15) is 22.3 Å². The first-order valence-electron chi connectivity index (χ1n) is 11.3. The van der Waals surface area contributed by atoms with Gasteiger partial charge in [-0.05, 0) is 80.0 Å². The molecular formula is C27H27F2N3O. The average Bonchev–Trinajstić information content (AvgIpc) is 3.30. The molecule has 0 spiro atoms. The fourth-order valence-corrected chi connectivity index (χ4v) is 4.86. The van der Waals surface area contributed by atoms with Crippen LogP contribution in [0.2, 0.25) is 0 Å². The first-order valence-corrected chi connectivity index (χ1v) is 11.3. The predicted octanol–water partition coefficient (Wildman–Crippen LogP) is 4.98. The van der Waals surface area contributed by atoms with Crippen molar-refractivity contribution in [2.24, 2.45) is 0 Å². The van der Waals surface area contributed by atoms with E-state index in [0.717, 1.165) is 36.2 Å². The zero-order valence-corrected chi connectivity index (χ0v) is 18.9. The van der Waals surface area contributed by atoms with Crippen LogP contribution < -0.4 is 9.80 Å². The molecule has 0 aliphatic carbocycles. The van der Waals surface area contributed by atoms with Crippen LogP contribution in [0, 0.1) is 11.6 Å². The van der Waals surface area contributed by atoms with Gasteiger partial charge in [0.25, 0.3) is 5.91 Å². The lowest BCUT2D eigenvalue weighted by molar-refractivity contribution is 0.0980. The molecule has 0 radical (unpaired) electrons. The highest BCUT2D eigenvalue weighted by atomic mass is 19.1. The van der Waals surface area contributed by atoms with Gasteiger partial charge in [0.05, 0.1) is 5.69 Å². The molecule has 2 aliphatic rings. The number of hydrogen-bond acceptors (Lipinski definition) is 3. The molecule has 6 heteroatoms. The third-order valence-corrected chi connectivity index (χ3v) is 6.84. The minimum absolute atomic E-state index is 0.122. The number of benzene rings is 3. The maximum absolute atomic E-state index is 15.1. The van der Waals surface area contributed by atoms with Crippen molar-refractivity contribution < 1.29 is 13.6 Å². The summed E-state index contributed by atoms with van der Waals surface area (Å²) in [6.07, 6.45) is 1.69. The predicted molar refractivity (Wildman–Crippen MR) is 128 cm³/mol. The minimum atomic E-state index is -0.294. The van der Waals surface area contributed by atoms with Crippen molar-refractivity contribution in [3.05, 3.63) is 83.4 Å². The Morgan fingerprint density at radius 2 is 1.67 bits per heavy atom. The van der Waals surface area contributed by atoms with Gasteiger partial charge in [0.1, 0.15) is 11.6 Å². The average molecular weight is 448 g/mol. The summed E-state index contributed by atoms with van der Waals surface area (Å²) in [6, 6.07) is 17.6. The summed E-state index contributed by atoms with van der Waals surface area (Å²) >= 11 is 0. The molecule has 33 heavy (non-hydrogen) atoms. The maximum Gasteiger partial charge on any atom is 0.258 e. The van der Waals surface area contributed by atoms with Crippen LogP contribution in [0.3, 0.4) is 0 Å². The highest BCUT2D eigenvalue weighted by molar-refractivity contribution is 6.08. The van der Waals surface area contributed by atoms with Crippen LogP contribution in [0.5, 0.6) is 0 Å². The van der Waals surface area contributed by atoms with Crippen molar-refractivity contribution in [1.29, 1.82) is 0 Å². The molecule has 170 valence electrons. The number of likely N-dealkylation sites (N-methyl/N-ethyl adjacent to an activating group) is 1. The Kier molecular flexibility index (Phi) is 5.62. The van der Waals surface area contributed by atoms with Crippen LogP contribution >= 0.6 is 0 Å². The third-order valence-electron chi connectivity index (χ3n) is 6.84. The summed E-state index contributed by atoms with van der Waals surface area (Å²) in [4.78, 5) is 19.1. The number of rotatable bonds is 4. The Balaban J connectivity index is 1.36. The molecule has 2 heterocycles. The van der Waals surface area contributed by atoms with E-state index in [1.54, 1.807) is 23.1 Å². The Labute approximate surface area is 193 Å². The van der Waals surface area contributed by atoms with E-state index in [2.05, 4.69) is 23.9 Å². The zero-order valence-electron chi connectivity index (χ0n) is 18.9. The molecule has 1 atom stereocenters. The van der Waals surface area contributed by atoms with E-state index in [1.165, 1.54) is 18.2 Å². The largest absolute Gasteiger partial charge is 0.368 e. The lowest BCUT2D eigenvalue weighted by Crippen LogP contribution is -2.37. The first-order chi connectivity index (χ1) is 15.9. The van der Waals surface area contributed by atoms with Crippen LogP contribution in [0.15, 0.2) is 60.7 Å². The zero-order chi connectivity index (χ0) is 23.1. The molecule has 3 aromatic rings. The molecular weight excluding hydrogens is 420 g/mol. The van der Waals surface area contributed by atoms with Crippen molar-refractivity contribution in [2.45, 2.75) is 18.9 Å². The topological polar surface area (TPSA) is 26.8 Å². The Morgan fingerprint density at radius 3 is 2.36 bits per heavy atom. The van der Waals surface area contributed by atoms with Crippen LogP contribution in [-0.2, 0) is 6.42 Å². The number of halogens is 2. The molecule has 3 aromatic carbocycles. The van der Waals surface area contributed by atoms with Gasteiger partial charge >= 0.3 is 0 Å². The second-order valence-corrected chi connectivity index (χ2v) is 9.07. The van der Waals surface area contributed by atoms with E-state index in [9.17, 15) is 9.18 Å². The number of carbonyl (C=O) groups excluding carboxylic acids is 1. The number of amides is 1. The van der Waals surface area contributed by atoms with Gasteiger partial charge in [-0.15, -0.1) is 0 Å². The number of anilines is 2. The van der Waals surface area contributed by atoms with Crippen molar-refractivity contribution >= 4 is 17.3 Å². The molecule has 0 N–H and O–H groups in total. The number of nitrogens with zero attached hydrogens (tertiary/aromatic N) is 3. The Morgan fingerprint density at radius 1 is 0.909 bits per heavy atom. The molecule has 0 bridgehead atoms. The van der Waals surface area contributed by atoms with Crippen LogP contribution in [0.4, 0.5) is 20.2 Å². The summed E-state index contributed by atoms with van der Waals surface area (Å²) in [6.45, 7) is 2.12. The van der Waals surface area contributed by atoms with E-state index < -0.39 is 0 Å². The van der Waals surface area contributed by atoms with Crippen molar-refractivity contribution in [2.75, 3.05) is 43.5 Å². The fourth-order valence-electron chi connectivity index (χ4n) is 4.86. The molecule has 5 rings (SSSR count). The second-order valence-electron chi connectivity index (χ2n) is 9.07. The van der Waals surface area contributed by atoms with E-state index in [4.69, 9.17) is 0 Å². The summed E-state index contributed by atoms with van der Waals surface area (Å²) in [5, 5.41) is 0. The summed E-state index contributed by atoms with van der Waals surface area (Å²) < 4.78 is 28.3. The Bertz CT molecular complexity index is 1190. The standard InChI is InChI=1S/C27H27F2N3O/c1-30(2)23-12-13-31(17-23)26-10-8-22(16-25(26)29)32-14-11-20-15-19(5-9-24(20)27(32)33)18-3-6-21(28)7-4-18/h3-10,15-16,23H,11-14,17H2,1-2H3.